The van der Waals surface area contributed by atoms with Gasteiger partial charge in [0.1, 0.15) is 12.6 Å². The molecule has 0 radical (unpaired) electrons. The van der Waals surface area contributed by atoms with E-state index in [1.807, 2.05) is 0 Å². The Labute approximate surface area is 165 Å². The fraction of sp³-hybridized carbons (Fsp3) is 0.389. The maximum atomic E-state index is 12.6. The topological polar surface area (TPSA) is 138 Å². The molecule has 0 saturated carbocycles. The van der Waals surface area contributed by atoms with Crippen molar-refractivity contribution in [3.05, 3.63) is 40.4 Å². The van der Waals surface area contributed by atoms with Crippen molar-refractivity contribution in [3.8, 4) is 0 Å². The van der Waals surface area contributed by atoms with Gasteiger partial charge in [-0.3, -0.25) is 18.9 Å². The first-order chi connectivity index (χ1) is 13.8. The van der Waals surface area contributed by atoms with E-state index in [0.29, 0.717) is 23.6 Å². The number of anilines is 2. The summed E-state index contributed by atoms with van der Waals surface area (Å²) in [6, 6.07) is 6.60. The van der Waals surface area contributed by atoms with Crippen LogP contribution in [0.25, 0.3) is 0 Å². The van der Waals surface area contributed by atoms with E-state index in [0.717, 1.165) is 0 Å². The van der Waals surface area contributed by atoms with Gasteiger partial charge in [0.25, 0.3) is 5.91 Å². The van der Waals surface area contributed by atoms with Crippen LogP contribution in [0, 0.1) is 0 Å². The zero-order valence-corrected chi connectivity index (χ0v) is 16.1. The molecular formula is C18H22N5O6+. The summed E-state index contributed by atoms with van der Waals surface area (Å²) in [5.41, 5.74) is 0.881. The summed E-state index contributed by atoms with van der Waals surface area (Å²) >= 11 is 0. The van der Waals surface area contributed by atoms with Gasteiger partial charge in [0.15, 0.2) is 7.05 Å². The quantitative estimate of drug-likeness (QED) is 0.556. The van der Waals surface area contributed by atoms with E-state index in [1.165, 1.54) is 16.5 Å². The molecule has 2 aromatic rings. The molecule has 0 spiro atoms. The molecule has 11 heteroatoms. The second-order valence-corrected chi connectivity index (χ2v) is 6.62. The molecule has 1 aliphatic rings. The Morgan fingerprint density at radius 3 is 2.45 bits per heavy atom. The van der Waals surface area contributed by atoms with Crippen molar-refractivity contribution < 1.29 is 28.3 Å². The minimum Gasteiger partial charge on any atom is -0.366 e. The van der Waals surface area contributed by atoms with Gasteiger partial charge in [0.2, 0.25) is 11.8 Å². The normalized spacial score (nSPS) is 16.6. The fourth-order valence-electron chi connectivity index (χ4n) is 2.93. The van der Waals surface area contributed by atoms with Crippen LogP contribution in [0.2, 0.25) is 0 Å². The highest BCUT2D eigenvalue weighted by Gasteiger charge is 2.34. The number of morpholine rings is 1. The highest BCUT2D eigenvalue weighted by atomic mass is 16.5. The lowest BCUT2D eigenvalue weighted by atomic mass is 10.1. The van der Waals surface area contributed by atoms with Crippen LogP contribution < -0.4 is 20.9 Å². The first-order valence-corrected chi connectivity index (χ1v) is 8.98. The predicted octanol–water partition coefficient (Wildman–Crippen LogP) is -0.493. The Balaban J connectivity index is 1.57. The molecule has 3 amide bonds. The summed E-state index contributed by atoms with van der Waals surface area (Å²) in [5.74, 6) is -0.942. The second kappa shape index (κ2) is 8.69. The lowest BCUT2D eigenvalue weighted by molar-refractivity contribution is -0.746. The maximum Gasteiger partial charge on any atom is 0.431 e. The zero-order chi connectivity index (χ0) is 21.0. The largest absolute Gasteiger partial charge is 0.431 e. The standard InChI is InChI=1S/C18H21N5O6/c1-11(24)19-12-3-5-13(6-4-12)20-16(25)9-15-17(26)23(7-8-28-15)10-14-18(27)29-21-22(14)2/h3-6,15,21,27H,7-10H2,1-2H3/p+1. The van der Waals surface area contributed by atoms with E-state index < -0.39 is 11.7 Å². The number of hydrogen-bond donors (Lipinski definition) is 3. The Bertz CT molecular complexity index is 964. The first kappa shape index (κ1) is 20.3. The predicted molar refractivity (Wildman–Crippen MR) is 99.7 cm³/mol. The number of aromatic amines is 1. The Morgan fingerprint density at radius 2 is 1.86 bits per heavy atom. The van der Waals surface area contributed by atoms with E-state index in [1.54, 1.807) is 31.3 Å². The van der Waals surface area contributed by atoms with Gasteiger partial charge in [-0.15, -0.1) is 0 Å². The number of carbonyl (C=O) groups excluding carboxylic acids is 3. The van der Waals surface area contributed by atoms with E-state index in [9.17, 15) is 19.2 Å². The zero-order valence-electron chi connectivity index (χ0n) is 16.1. The number of nitrogens with zero attached hydrogens (tertiary/aromatic N) is 2. The number of H-pyrrole nitrogens is 1. The summed E-state index contributed by atoms with van der Waals surface area (Å²) < 4.78 is 11.5. The first-order valence-electron chi connectivity index (χ1n) is 8.98. The third-order valence-electron chi connectivity index (χ3n) is 4.38. The van der Waals surface area contributed by atoms with Gasteiger partial charge in [-0.1, -0.05) is 4.68 Å². The third-order valence-corrected chi connectivity index (χ3v) is 4.38. The van der Waals surface area contributed by atoms with Crippen molar-refractivity contribution >= 4 is 29.1 Å². The summed E-state index contributed by atoms with van der Waals surface area (Å²) in [4.78, 5) is 49.1. The van der Waals surface area contributed by atoms with Crippen LogP contribution in [0.3, 0.4) is 0 Å². The van der Waals surface area contributed by atoms with E-state index in [-0.39, 0.29) is 37.3 Å². The van der Waals surface area contributed by atoms with Crippen molar-refractivity contribution in [1.82, 2.24) is 10.2 Å². The van der Waals surface area contributed by atoms with Gasteiger partial charge >= 0.3 is 11.3 Å². The molecule has 1 atom stereocenters. The highest BCUT2D eigenvalue weighted by molar-refractivity contribution is 5.95. The fourth-order valence-corrected chi connectivity index (χ4v) is 2.93. The summed E-state index contributed by atoms with van der Waals surface area (Å²) in [5, 5.41) is 7.72. The Morgan fingerprint density at radius 1 is 1.21 bits per heavy atom. The lowest BCUT2D eigenvalue weighted by Gasteiger charge is -2.30. The van der Waals surface area contributed by atoms with Crippen LogP contribution in [-0.2, 0) is 32.7 Å². The monoisotopic (exact) mass is 404 g/mol. The van der Waals surface area contributed by atoms with Crippen LogP contribution in [0.5, 0.6) is 0 Å². The number of ether oxygens (including phenoxy) is 1. The van der Waals surface area contributed by atoms with Crippen molar-refractivity contribution in [2.75, 3.05) is 23.8 Å². The van der Waals surface area contributed by atoms with E-state index in [4.69, 9.17) is 4.74 Å². The number of rotatable bonds is 6. The number of nitrogens with one attached hydrogen (secondary N) is 3. The molecule has 1 aromatic carbocycles. The number of hydrogen-bond acceptors (Lipinski definition) is 6. The SMILES string of the molecule is CC(=O)Nc1ccc(NC(=O)CC2OCCN(Cc3c(=O)o[nH][n+]3C)C2=O)cc1. The summed E-state index contributed by atoms with van der Waals surface area (Å²) in [6.07, 6.45) is -1.09. The molecule has 1 unspecified atom stereocenters. The number of aryl methyl sites for hydroxylation is 1. The van der Waals surface area contributed by atoms with Gasteiger partial charge in [0.05, 0.1) is 13.0 Å². The van der Waals surface area contributed by atoms with Crippen LogP contribution in [-0.4, -0.2) is 47.1 Å². The van der Waals surface area contributed by atoms with Gasteiger partial charge in [-0.2, -0.15) is 0 Å². The minimum absolute atomic E-state index is 0.0628. The molecule has 3 N–H and O–H groups in total. The highest BCUT2D eigenvalue weighted by Crippen LogP contribution is 2.16. The van der Waals surface area contributed by atoms with Crippen LogP contribution in [0.15, 0.2) is 33.6 Å². The number of carbonyl (C=O) groups is 3. The number of aromatic nitrogens is 2. The average Bonchev–Trinajstić information content (AvgIpc) is 2.98. The molecule has 1 aliphatic heterocycles. The number of amides is 3. The van der Waals surface area contributed by atoms with Crippen molar-refractivity contribution in [2.24, 2.45) is 7.05 Å². The van der Waals surface area contributed by atoms with Gasteiger partial charge in [0, 0.05) is 24.8 Å². The summed E-state index contributed by atoms with van der Waals surface area (Å²) in [6.45, 7) is 2.04. The molecule has 1 aromatic heterocycles. The van der Waals surface area contributed by atoms with Crippen LogP contribution in [0.1, 0.15) is 19.0 Å². The number of benzene rings is 1. The van der Waals surface area contributed by atoms with Crippen molar-refractivity contribution in [2.45, 2.75) is 26.0 Å². The molecule has 154 valence electrons. The molecule has 0 aliphatic carbocycles. The van der Waals surface area contributed by atoms with E-state index in [2.05, 4.69) is 20.4 Å². The molecular weight excluding hydrogens is 382 g/mol. The van der Waals surface area contributed by atoms with Gasteiger partial charge < -0.3 is 20.3 Å². The Kier molecular flexibility index (Phi) is 6.07. The summed E-state index contributed by atoms with van der Waals surface area (Å²) in [7, 11) is 1.60. The molecule has 2 heterocycles. The van der Waals surface area contributed by atoms with Crippen LogP contribution >= 0.6 is 0 Å². The molecule has 0 bridgehead atoms. The van der Waals surface area contributed by atoms with Gasteiger partial charge in [-0.05, 0) is 29.5 Å². The van der Waals surface area contributed by atoms with E-state index >= 15 is 0 Å². The van der Waals surface area contributed by atoms with Crippen molar-refractivity contribution in [3.63, 3.8) is 0 Å². The maximum absolute atomic E-state index is 12.6. The Hall–Kier alpha value is -3.47. The molecule has 29 heavy (non-hydrogen) atoms. The smallest absolute Gasteiger partial charge is 0.366 e. The van der Waals surface area contributed by atoms with Gasteiger partial charge in [-0.25, -0.2) is 4.79 Å². The molecule has 11 nitrogen and oxygen atoms in total. The average molecular weight is 404 g/mol. The minimum atomic E-state index is -0.932. The van der Waals surface area contributed by atoms with Crippen molar-refractivity contribution in [1.29, 1.82) is 0 Å². The lowest BCUT2D eigenvalue weighted by Crippen LogP contribution is -2.50. The second-order valence-electron chi connectivity index (χ2n) is 6.62. The third kappa shape index (κ3) is 5.08. The molecule has 3 rings (SSSR count). The molecule has 1 fully saturated rings. The molecule has 1 saturated heterocycles. The van der Waals surface area contributed by atoms with Crippen LogP contribution in [0.4, 0.5) is 11.4 Å².